The minimum Gasteiger partial charge on any atom is -0.422 e. The molecule has 2 aliphatic rings. The number of benzene rings is 1. The summed E-state index contributed by atoms with van der Waals surface area (Å²) < 4.78 is 7.81. The normalized spacial score (nSPS) is 17.7. The third-order valence-electron chi connectivity index (χ3n) is 6.66. The quantitative estimate of drug-likeness (QED) is 0.474. The molecule has 0 unspecified atom stereocenters. The molecule has 31 heavy (non-hydrogen) atoms. The molecule has 1 saturated carbocycles. The van der Waals surface area contributed by atoms with Crippen LogP contribution < -0.4 is 10.5 Å². The Morgan fingerprint density at radius 2 is 1.81 bits per heavy atom. The Kier molecular flexibility index (Phi) is 4.18. The Hall–Kier alpha value is -3.12. The number of piperazine rings is 1. The molecule has 1 saturated heterocycles. The van der Waals surface area contributed by atoms with Gasteiger partial charge in [-0.2, -0.15) is 0 Å². The average Bonchev–Trinajstić information content (AvgIpc) is 3.52. The summed E-state index contributed by atoms with van der Waals surface area (Å²) in [6.07, 6.45) is 6.67. The van der Waals surface area contributed by atoms with Gasteiger partial charge in [0.1, 0.15) is 5.58 Å². The highest BCUT2D eigenvalue weighted by molar-refractivity contribution is 5.85. The summed E-state index contributed by atoms with van der Waals surface area (Å²) in [5, 5.41) is 0.941. The van der Waals surface area contributed by atoms with Gasteiger partial charge in [-0.1, -0.05) is 0 Å². The first kappa shape index (κ1) is 18.6. The van der Waals surface area contributed by atoms with Crippen molar-refractivity contribution in [3.8, 4) is 11.1 Å². The van der Waals surface area contributed by atoms with Crippen LogP contribution in [0.5, 0.6) is 0 Å². The van der Waals surface area contributed by atoms with Crippen LogP contribution in [-0.2, 0) is 0 Å². The zero-order valence-corrected chi connectivity index (χ0v) is 18.0. The third kappa shape index (κ3) is 3.31. The molecule has 3 aromatic heterocycles. The Morgan fingerprint density at radius 1 is 1.00 bits per heavy atom. The van der Waals surface area contributed by atoms with Crippen LogP contribution in [0.15, 0.2) is 51.9 Å². The van der Waals surface area contributed by atoms with Gasteiger partial charge in [0, 0.05) is 67.3 Å². The van der Waals surface area contributed by atoms with Crippen molar-refractivity contribution in [1.82, 2.24) is 14.3 Å². The lowest BCUT2D eigenvalue weighted by molar-refractivity contribution is 0.248. The molecule has 6 nitrogen and oxygen atoms in total. The number of fused-ring (bicyclic) bond motifs is 2. The summed E-state index contributed by atoms with van der Waals surface area (Å²) in [6.45, 7) is 8.23. The molecule has 0 amide bonds. The average molecular weight is 415 g/mol. The molecular weight excluding hydrogens is 388 g/mol. The molecule has 0 N–H and O–H groups in total. The fourth-order valence-corrected chi connectivity index (χ4v) is 4.86. The summed E-state index contributed by atoms with van der Waals surface area (Å²) in [5.41, 5.74) is 5.80. The molecule has 1 aliphatic heterocycles. The van der Waals surface area contributed by atoms with Gasteiger partial charge in [-0.25, -0.2) is 4.79 Å². The second kappa shape index (κ2) is 6.95. The van der Waals surface area contributed by atoms with Crippen LogP contribution in [0.1, 0.15) is 24.2 Å². The Bertz CT molecular complexity index is 1360. The predicted molar refractivity (Wildman–Crippen MR) is 123 cm³/mol. The first-order chi connectivity index (χ1) is 15.0. The number of anilines is 1. The second-order valence-electron chi connectivity index (χ2n) is 8.91. The number of nitrogens with zero attached hydrogens (tertiary/aromatic N) is 4. The van der Waals surface area contributed by atoms with Crippen molar-refractivity contribution in [2.45, 2.75) is 32.7 Å². The maximum absolute atomic E-state index is 12.9. The van der Waals surface area contributed by atoms with Gasteiger partial charge >= 0.3 is 5.63 Å². The van der Waals surface area contributed by atoms with Crippen LogP contribution in [0, 0.1) is 13.8 Å². The van der Waals surface area contributed by atoms with Gasteiger partial charge in [-0.15, -0.1) is 0 Å². The third-order valence-corrected chi connectivity index (χ3v) is 6.66. The molecule has 0 radical (unpaired) electrons. The lowest BCUT2D eigenvalue weighted by Gasteiger charge is -2.36. The highest BCUT2D eigenvalue weighted by Crippen LogP contribution is 2.30. The molecule has 4 aromatic rings. The molecule has 6 rings (SSSR count). The van der Waals surface area contributed by atoms with Crippen LogP contribution in [0.25, 0.3) is 27.6 Å². The molecule has 2 fully saturated rings. The monoisotopic (exact) mass is 414 g/mol. The minimum atomic E-state index is -0.304. The molecule has 1 aliphatic carbocycles. The van der Waals surface area contributed by atoms with Gasteiger partial charge in [-0.05, 0) is 51.0 Å². The standard InChI is InChI=1S/C25H26N4O2/c1-16-14-29-15-19(12-23(29)17(2)26-16)22-11-18-3-4-21(13-24(18)31-25(22)30)28-9-7-27(8-10-28)20-5-6-20/h3-4,11-15,20H,5-10H2,1-2H3. The molecule has 4 heterocycles. The Morgan fingerprint density at radius 3 is 2.58 bits per heavy atom. The van der Waals surface area contributed by atoms with E-state index < -0.39 is 0 Å². The van der Waals surface area contributed by atoms with Crippen molar-refractivity contribution < 1.29 is 4.42 Å². The van der Waals surface area contributed by atoms with Gasteiger partial charge in [0.2, 0.25) is 0 Å². The van der Waals surface area contributed by atoms with E-state index in [4.69, 9.17) is 4.42 Å². The number of rotatable bonds is 3. The fraction of sp³-hybridized carbons (Fsp3) is 0.360. The van der Waals surface area contributed by atoms with Crippen molar-refractivity contribution in [1.29, 1.82) is 0 Å². The summed E-state index contributed by atoms with van der Waals surface area (Å²) >= 11 is 0. The van der Waals surface area contributed by atoms with Crippen molar-refractivity contribution in [3.63, 3.8) is 0 Å². The molecular formula is C25H26N4O2. The van der Waals surface area contributed by atoms with E-state index in [1.807, 2.05) is 48.8 Å². The van der Waals surface area contributed by atoms with E-state index in [2.05, 4.69) is 26.9 Å². The second-order valence-corrected chi connectivity index (χ2v) is 8.91. The number of hydrogen-bond acceptors (Lipinski definition) is 5. The van der Waals surface area contributed by atoms with E-state index in [1.54, 1.807) is 0 Å². The Balaban J connectivity index is 1.33. The van der Waals surface area contributed by atoms with Gasteiger partial charge in [-0.3, -0.25) is 9.88 Å². The number of hydrogen-bond donors (Lipinski definition) is 0. The maximum Gasteiger partial charge on any atom is 0.344 e. The highest BCUT2D eigenvalue weighted by atomic mass is 16.4. The molecule has 158 valence electrons. The van der Waals surface area contributed by atoms with Gasteiger partial charge < -0.3 is 13.7 Å². The highest BCUT2D eigenvalue weighted by Gasteiger charge is 2.31. The predicted octanol–water partition coefficient (Wildman–Crippen LogP) is 4.01. The fourth-order valence-electron chi connectivity index (χ4n) is 4.86. The van der Waals surface area contributed by atoms with Crippen molar-refractivity contribution in [3.05, 3.63) is 64.5 Å². The van der Waals surface area contributed by atoms with E-state index in [0.29, 0.717) is 11.1 Å². The summed E-state index contributed by atoms with van der Waals surface area (Å²) in [6, 6.07) is 11.0. The van der Waals surface area contributed by atoms with Gasteiger partial charge in [0.15, 0.2) is 0 Å². The van der Waals surface area contributed by atoms with Crippen LogP contribution >= 0.6 is 0 Å². The van der Waals surface area contributed by atoms with E-state index in [0.717, 1.165) is 65.8 Å². The van der Waals surface area contributed by atoms with E-state index in [-0.39, 0.29) is 5.63 Å². The van der Waals surface area contributed by atoms with E-state index in [1.165, 1.54) is 12.8 Å². The molecule has 1 aromatic carbocycles. The SMILES string of the molecule is Cc1cn2cc(-c3cc4ccc(N5CCN(C6CC6)CC5)cc4oc3=O)cc2c(C)n1. The molecule has 0 bridgehead atoms. The summed E-state index contributed by atoms with van der Waals surface area (Å²) in [4.78, 5) is 22.4. The first-order valence-electron chi connectivity index (χ1n) is 11.1. The summed E-state index contributed by atoms with van der Waals surface area (Å²) in [5.74, 6) is 0. The maximum atomic E-state index is 12.9. The Labute approximate surface area is 180 Å². The first-order valence-corrected chi connectivity index (χ1v) is 11.1. The zero-order valence-electron chi connectivity index (χ0n) is 18.0. The topological polar surface area (TPSA) is 54.0 Å². The zero-order chi connectivity index (χ0) is 21.1. The molecule has 6 heteroatoms. The van der Waals surface area contributed by atoms with Gasteiger partial charge in [0.25, 0.3) is 0 Å². The smallest absolute Gasteiger partial charge is 0.344 e. The van der Waals surface area contributed by atoms with Crippen LogP contribution in [0.2, 0.25) is 0 Å². The van der Waals surface area contributed by atoms with Crippen LogP contribution in [0.4, 0.5) is 5.69 Å². The number of aryl methyl sites for hydroxylation is 2. The molecule has 0 atom stereocenters. The lowest BCUT2D eigenvalue weighted by Crippen LogP contribution is -2.47. The molecule has 0 spiro atoms. The largest absolute Gasteiger partial charge is 0.422 e. The van der Waals surface area contributed by atoms with Crippen molar-refractivity contribution in [2.24, 2.45) is 0 Å². The van der Waals surface area contributed by atoms with E-state index >= 15 is 0 Å². The van der Waals surface area contributed by atoms with Crippen LogP contribution in [0.3, 0.4) is 0 Å². The summed E-state index contributed by atoms with van der Waals surface area (Å²) in [7, 11) is 0. The minimum absolute atomic E-state index is 0.304. The van der Waals surface area contributed by atoms with Crippen molar-refractivity contribution in [2.75, 3.05) is 31.1 Å². The van der Waals surface area contributed by atoms with E-state index in [9.17, 15) is 4.79 Å². The van der Waals surface area contributed by atoms with Gasteiger partial charge in [0.05, 0.1) is 22.5 Å². The lowest BCUT2D eigenvalue weighted by atomic mass is 10.1. The van der Waals surface area contributed by atoms with Crippen molar-refractivity contribution >= 4 is 22.2 Å². The van der Waals surface area contributed by atoms with Crippen LogP contribution in [-0.4, -0.2) is 46.5 Å². The number of aromatic nitrogens is 2.